The Labute approximate surface area is 108 Å². The van der Waals surface area contributed by atoms with Crippen LogP contribution < -0.4 is 5.32 Å². The number of rotatable bonds is 3. The van der Waals surface area contributed by atoms with Crippen molar-refractivity contribution in [1.82, 2.24) is 10.3 Å². The van der Waals surface area contributed by atoms with E-state index in [0.29, 0.717) is 5.89 Å². The van der Waals surface area contributed by atoms with Gasteiger partial charge in [0.15, 0.2) is 0 Å². The Kier molecular flexibility index (Phi) is 2.99. The van der Waals surface area contributed by atoms with E-state index in [1.54, 1.807) is 6.26 Å². The van der Waals surface area contributed by atoms with E-state index in [2.05, 4.69) is 26.2 Å². The minimum atomic E-state index is 0.708. The van der Waals surface area contributed by atoms with Crippen LogP contribution in [0.1, 0.15) is 5.69 Å². The zero-order chi connectivity index (χ0) is 11.7. The van der Waals surface area contributed by atoms with Crippen molar-refractivity contribution in [2.75, 3.05) is 13.1 Å². The highest BCUT2D eigenvalue weighted by Crippen LogP contribution is 2.22. The van der Waals surface area contributed by atoms with Gasteiger partial charge in [-0.3, -0.25) is 0 Å². The maximum atomic E-state index is 5.51. The first-order valence-electron chi connectivity index (χ1n) is 5.72. The topological polar surface area (TPSA) is 38.1 Å². The van der Waals surface area contributed by atoms with Crippen LogP contribution >= 0.6 is 15.9 Å². The van der Waals surface area contributed by atoms with E-state index >= 15 is 0 Å². The highest BCUT2D eigenvalue weighted by atomic mass is 79.9. The molecule has 88 valence electrons. The fourth-order valence-corrected chi connectivity index (χ4v) is 2.18. The van der Waals surface area contributed by atoms with Crippen molar-refractivity contribution in [1.29, 1.82) is 0 Å². The van der Waals surface area contributed by atoms with E-state index in [9.17, 15) is 0 Å². The summed E-state index contributed by atoms with van der Waals surface area (Å²) in [5.41, 5.74) is 2.07. The van der Waals surface area contributed by atoms with Gasteiger partial charge in [-0.05, 0) is 49.7 Å². The van der Waals surface area contributed by atoms with Crippen LogP contribution in [0.25, 0.3) is 11.5 Å². The first-order chi connectivity index (χ1) is 8.31. The van der Waals surface area contributed by atoms with E-state index in [0.717, 1.165) is 41.2 Å². The van der Waals surface area contributed by atoms with Gasteiger partial charge in [0.05, 0.1) is 5.69 Å². The minimum absolute atomic E-state index is 0.708. The van der Waals surface area contributed by atoms with Gasteiger partial charge in [-0.2, -0.15) is 0 Å². The van der Waals surface area contributed by atoms with Crippen LogP contribution in [-0.2, 0) is 6.42 Å². The van der Waals surface area contributed by atoms with Crippen molar-refractivity contribution >= 4 is 15.9 Å². The van der Waals surface area contributed by atoms with Gasteiger partial charge in [-0.1, -0.05) is 15.9 Å². The summed E-state index contributed by atoms with van der Waals surface area (Å²) in [5, 5.41) is 3.26. The normalized spacial score (nSPS) is 15.8. The molecule has 1 fully saturated rings. The largest absolute Gasteiger partial charge is 0.444 e. The summed E-state index contributed by atoms with van der Waals surface area (Å²) in [7, 11) is 0. The molecule has 1 aliphatic heterocycles. The molecule has 0 atom stereocenters. The lowest BCUT2D eigenvalue weighted by atomic mass is 9.98. The van der Waals surface area contributed by atoms with E-state index in [1.165, 1.54) is 0 Å². The maximum absolute atomic E-state index is 5.51. The molecule has 4 heteroatoms. The fraction of sp³-hybridized carbons (Fsp3) is 0.308. The molecule has 3 rings (SSSR count). The number of nitrogens with one attached hydrogen (secondary N) is 1. The summed E-state index contributed by atoms with van der Waals surface area (Å²) in [6, 6.07) is 8.00. The standard InChI is InChI=1S/C13H13BrN2O/c14-11-3-1-10(2-4-11)13-16-12(8-17-13)5-9-6-15-7-9/h1-4,8-9,15H,5-7H2. The predicted molar refractivity (Wildman–Crippen MR) is 69.7 cm³/mol. The number of halogens is 1. The van der Waals surface area contributed by atoms with Crippen LogP contribution in [0.5, 0.6) is 0 Å². The maximum Gasteiger partial charge on any atom is 0.226 e. The summed E-state index contributed by atoms with van der Waals surface area (Å²) >= 11 is 3.41. The Hall–Kier alpha value is -1.13. The van der Waals surface area contributed by atoms with Gasteiger partial charge in [-0.15, -0.1) is 0 Å². The minimum Gasteiger partial charge on any atom is -0.444 e. The summed E-state index contributed by atoms with van der Waals surface area (Å²) < 4.78 is 6.58. The molecule has 2 heterocycles. The van der Waals surface area contributed by atoms with Gasteiger partial charge in [0.25, 0.3) is 0 Å². The lowest BCUT2D eigenvalue weighted by molar-refractivity contribution is 0.344. The van der Waals surface area contributed by atoms with Crippen LogP contribution in [0.4, 0.5) is 0 Å². The van der Waals surface area contributed by atoms with Crippen LogP contribution in [0.2, 0.25) is 0 Å². The van der Waals surface area contributed by atoms with Crippen molar-refractivity contribution in [2.45, 2.75) is 6.42 Å². The predicted octanol–water partition coefficient (Wildman–Crippen LogP) is 2.87. The molecule has 0 amide bonds. The van der Waals surface area contributed by atoms with Gasteiger partial charge in [0.1, 0.15) is 6.26 Å². The fourth-order valence-electron chi connectivity index (χ4n) is 1.91. The van der Waals surface area contributed by atoms with Crippen molar-refractivity contribution in [3.8, 4) is 11.5 Å². The first-order valence-corrected chi connectivity index (χ1v) is 6.51. The van der Waals surface area contributed by atoms with Crippen molar-refractivity contribution < 1.29 is 4.42 Å². The monoisotopic (exact) mass is 292 g/mol. The third-order valence-electron chi connectivity index (χ3n) is 3.01. The Bertz CT molecular complexity index is 502. The van der Waals surface area contributed by atoms with E-state index in [4.69, 9.17) is 4.42 Å². The molecule has 0 radical (unpaired) electrons. The Morgan fingerprint density at radius 1 is 1.29 bits per heavy atom. The zero-order valence-corrected chi connectivity index (χ0v) is 10.9. The molecule has 3 nitrogen and oxygen atoms in total. The number of hydrogen-bond donors (Lipinski definition) is 1. The van der Waals surface area contributed by atoms with E-state index in [1.807, 2.05) is 24.3 Å². The second-order valence-corrected chi connectivity index (χ2v) is 5.29. The smallest absolute Gasteiger partial charge is 0.226 e. The Morgan fingerprint density at radius 3 is 2.71 bits per heavy atom. The molecule has 1 aliphatic rings. The number of nitrogens with zero attached hydrogens (tertiary/aromatic N) is 1. The van der Waals surface area contributed by atoms with Crippen molar-refractivity contribution in [2.24, 2.45) is 5.92 Å². The molecule has 1 aromatic carbocycles. The van der Waals surface area contributed by atoms with Crippen molar-refractivity contribution in [3.63, 3.8) is 0 Å². The highest BCUT2D eigenvalue weighted by Gasteiger charge is 2.19. The van der Waals surface area contributed by atoms with Gasteiger partial charge >= 0.3 is 0 Å². The van der Waals surface area contributed by atoms with Crippen LogP contribution in [0.15, 0.2) is 39.4 Å². The molecule has 1 saturated heterocycles. The highest BCUT2D eigenvalue weighted by molar-refractivity contribution is 9.10. The molecular weight excluding hydrogens is 280 g/mol. The van der Waals surface area contributed by atoms with Gasteiger partial charge < -0.3 is 9.73 Å². The molecule has 17 heavy (non-hydrogen) atoms. The Balaban J connectivity index is 1.76. The number of oxazole rings is 1. The average Bonchev–Trinajstić information content (AvgIpc) is 2.73. The Morgan fingerprint density at radius 2 is 2.06 bits per heavy atom. The zero-order valence-electron chi connectivity index (χ0n) is 9.32. The van der Waals surface area contributed by atoms with Gasteiger partial charge in [-0.25, -0.2) is 4.98 Å². The van der Waals surface area contributed by atoms with Crippen molar-refractivity contribution in [3.05, 3.63) is 40.7 Å². The average molecular weight is 293 g/mol. The second-order valence-electron chi connectivity index (χ2n) is 4.38. The third kappa shape index (κ3) is 2.42. The number of aromatic nitrogens is 1. The number of hydrogen-bond acceptors (Lipinski definition) is 3. The van der Waals surface area contributed by atoms with Crippen LogP contribution in [0.3, 0.4) is 0 Å². The molecular formula is C13H13BrN2O. The lowest BCUT2D eigenvalue weighted by Gasteiger charge is -2.25. The second kappa shape index (κ2) is 4.63. The molecule has 0 unspecified atom stereocenters. The van der Waals surface area contributed by atoms with Crippen LogP contribution in [0, 0.1) is 5.92 Å². The lowest BCUT2D eigenvalue weighted by Crippen LogP contribution is -2.43. The van der Waals surface area contributed by atoms with E-state index in [-0.39, 0.29) is 0 Å². The summed E-state index contributed by atoms with van der Waals surface area (Å²) in [6.07, 6.45) is 2.78. The third-order valence-corrected chi connectivity index (χ3v) is 3.54. The van der Waals surface area contributed by atoms with Crippen LogP contribution in [-0.4, -0.2) is 18.1 Å². The summed E-state index contributed by atoms with van der Waals surface area (Å²) in [5.74, 6) is 1.43. The molecule has 0 bridgehead atoms. The quantitative estimate of drug-likeness (QED) is 0.945. The molecule has 1 aromatic heterocycles. The molecule has 0 spiro atoms. The van der Waals surface area contributed by atoms with Gasteiger partial charge in [0, 0.05) is 10.0 Å². The molecule has 1 N–H and O–H groups in total. The summed E-state index contributed by atoms with van der Waals surface area (Å²) in [6.45, 7) is 2.20. The molecule has 2 aromatic rings. The van der Waals surface area contributed by atoms with Gasteiger partial charge in [0.2, 0.25) is 5.89 Å². The first kappa shape index (κ1) is 11.0. The molecule has 0 saturated carbocycles. The summed E-state index contributed by atoms with van der Waals surface area (Å²) in [4.78, 5) is 4.52. The molecule has 0 aliphatic carbocycles. The SMILES string of the molecule is Brc1ccc(-c2nc(CC3CNC3)co2)cc1. The number of benzene rings is 1. The van der Waals surface area contributed by atoms with E-state index < -0.39 is 0 Å².